The summed E-state index contributed by atoms with van der Waals surface area (Å²) < 4.78 is 2.58. The van der Waals surface area contributed by atoms with E-state index in [2.05, 4.69) is 219 Å². The monoisotopic (exact) mass is 1080 g/mol. The van der Waals surface area contributed by atoms with Gasteiger partial charge in [-0.2, -0.15) is 0 Å². The molecule has 0 radical (unpaired) electrons. The van der Waals surface area contributed by atoms with Crippen molar-refractivity contribution in [2.24, 2.45) is 0 Å². The van der Waals surface area contributed by atoms with Crippen LogP contribution >= 0.6 is 11.3 Å². The van der Waals surface area contributed by atoms with E-state index >= 15 is 0 Å². The Bertz CT molecular complexity index is 3450. The van der Waals surface area contributed by atoms with Crippen molar-refractivity contribution >= 4 is 31.5 Å². The van der Waals surface area contributed by atoms with Gasteiger partial charge in [0.25, 0.3) is 0 Å². The maximum Gasteiger partial charge on any atom is 3.00 e. The fourth-order valence-electron chi connectivity index (χ4n) is 9.17. The molecule has 0 N–H and O–H groups in total. The zero-order valence-corrected chi connectivity index (χ0v) is 42.0. The van der Waals surface area contributed by atoms with Crippen LogP contribution in [0.3, 0.4) is 0 Å². The van der Waals surface area contributed by atoms with E-state index in [0.29, 0.717) is 0 Å². The van der Waals surface area contributed by atoms with Gasteiger partial charge in [-0.05, 0) is 107 Å². The predicted octanol–water partition coefficient (Wildman–Crippen LogP) is 16.1. The Hall–Kier alpha value is -7.14. The molecule has 0 fully saturated rings. The maximum absolute atomic E-state index is 4.83. The molecule has 334 valence electrons. The van der Waals surface area contributed by atoms with Crippen LogP contribution in [0.2, 0.25) is 0 Å². The summed E-state index contributed by atoms with van der Waals surface area (Å²) in [5.74, 6) is 0. The fourth-order valence-corrected chi connectivity index (χ4v) is 10.3. The Morgan fingerprint density at radius 2 is 0.899 bits per heavy atom. The maximum atomic E-state index is 4.83. The normalized spacial score (nSPS) is 11.2. The van der Waals surface area contributed by atoms with E-state index in [4.69, 9.17) is 4.98 Å². The molecule has 0 atom stereocenters. The second-order valence-corrected chi connectivity index (χ2v) is 19.0. The summed E-state index contributed by atoms with van der Waals surface area (Å²) in [7, 11) is 0. The molecule has 0 aliphatic rings. The van der Waals surface area contributed by atoms with Crippen LogP contribution in [0.4, 0.5) is 0 Å². The number of hydrogen-bond acceptors (Lipinski definition) is 4. The molecule has 0 bridgehead atoms. The van der Waals surface area contributed by atoms with Gasteiger partial charge in [-0.25, -0.2) is 0 Å². The number of pyridine rings is 3. The largest absolute Gasteiger partial charge is 3.00 e. The van der Waals surface area contributed by atoms with Crippen molar-refractivity contribution in [2.75, 3.05) is 0 Å². The summed E-state index contributed by atoms with van der Waals surface area (Å²) in [6, 6.07) is 72.5. The van der Waals surface area contributed by atoms with E-state index in [1.165, 1.54) is 64.7 Å². The van der Waals surface area contributed by atoms with Gasteiger partial charge in [-0.3, -0.25) is 0 Å². The molecule has 0 saturated heterocycles. The molecule has 11 aromatic rings. The number of aromatic nitrogens is 3. The summed E-state index contributed by atoms with van der Waals surface area (Å²) in [5.41, 5.74) is 21.4. The van der Waals surface area contributed by atoms with Gasteiger partial charge in [0.15, 0.2) is 0 Å². The molecule has 7 aromatic carbocycles. The molecule has 0 aliphatic carbocycles. The molecule has 0 aliphatic heterocycles. The van der Waals surface area contributed by atoms with Gasteiger partial charge in [0.05, 0.1) is 0 Å². The van der Waals surface area contributed by atoms with Gasteiger partial charge >= 0.3 is 20.1 Å². The minimum absolute atomic E-state index is 0. The number of rotatable bonds is 12. The van der Waals surface area contributed by atoms with Crippen LogP contribution in [0, 0.1) is 39.0 Å². The number of thiophene rings is 1. The van der Waals surface area contributed by atoms with E-state index in [9.17, 15) is 0 Å². The summed E-state index contributed by atoms with van der Waals surface area (Å²) in [6.45, 7) is 6.20. The van der Waals surface area contributed by atoms with Crippen LogP contribution in [-0.4, -0.2) is 15.0 Å². The molecule has 4 heterocycles. The second-order valence-electron chi connectivity index (χ2n) is 18.0. The third-order valence-electron chi connectivity index (χ3n) is 12.9. The number of aryl methyl sites for hydroxylation is 7. The minimum atomic E-state index is 0. The Balaban J connectivity index is 0.00000553. The second kappa shape index (κ2) is 20.2. The van der Waals surface area contributed by atoms with Gasteiger partial charge in [0.2, 0.25) is 0 Å². The fraction of sp³-hybridized carbons (Fsp3) is 0.109. The Morgan fingerprint density at radius 1 is 0.377 bits per heavy atom. The molecule has 69 heavy (non-hydrogen) atoms. The van der Waals surface area contributed by atoms with E-state index in [-0.39, 0.29) is 20.1 Å². The molecule has 0 saturated carbocycles. The standard InChI is InChI=1S/C64H48N3S.Ir/c1-42-12-31-60(65-39-42)49-23-19-45(20-24-49)15-17-47-34-48(18-16-46-21-25-50(26-22-46)61-32-13-43(2)40-66-61)36-53(35-47)54-8-4-5-9-55(54)56-29-28-52(62-33-14-44(3)41-67-62)37-59(56)51-27-30-58-57-10-6-7-11-63(57)68-64(58)38-51;/h4-14,19-23,25,27,29-41H,15-18H2,1-3H3;/q-3;+3. The average Bonchev–Trinajstić information content (AvgIpc) is 3.76. The van der Waals surface area contributed by atoms with Crippen molar-refractivity contribution < 1.29 is 20.1 Å². The first kappa shape index (κ1) is 45.6. The molecule has 4 aromatic heterocycles. The topological polar surface area (TPSA) is 38.7 Å². The van der Waals surface area contributed by atoms with Crippen LogP contribution in [0.25, 0.3) is 87.3 Å². The van der Waals surface area contributed by atoms with E-state index in [0.717, 1.165) is 87.3 Å². The quantitative estimate of drug-likeness (QED) is 0.114. The van der Waals surface area contributed by atoms with E-state index in [1.807, 2.05) is 29.9 Å². The van der Waals surface area contributed by atoms with E-state index in [1.54, 1.807) is 0 Å². The van der Waals surface area contributed by atoms with Crippen molar-refractivity contribution in [2.45, 2.75) is 46.5 Å². The molecule has 0 spiro atoms. The zero-order chi connectivity index (χ0) is 46.0. The number of nitrogens with zero attached hydrogens (tertiary/aromatic N) is 3. The van der Waals surface area contributed by atoms with Crippen molar-refractivity contribution in [1.29, 1.82) is 0 Å². The van der Waals surface area contributed by atoms with Crippen molar-refractivity contribution in [1.82, 2.24) is 15.0 Å². The van der Waals surface area contributed by atoms with Gasteiger partial charge in [0, 0.05) is 38.8 Å². The smallest absolute Gasteiger partial charge is 0.304 e. The van der Waals surface area contributed by atoms with Crippen molar-refractivity contribution in [3.8, 4) is 67.2 Å². The summed E-state index contributed by atoms with van der Waals surface area (Å²) in [4.78, 5) is 14.1. The van der Waals surface area contributed by atoms with Crippen LogP contribution in [0.15, 0.2) is 188 Å². The predicted molar refractivity (Wildman–Crippen MR) is 284 cm³/mol. The Labute approximate surface area is 423 Å². The van der Waals surface area contributed by atoms with Crippen molar-refractivity contribution in [3.63, 3.8) is 0 Å². The first-order chi connectivity index (χ1) is 33.4. The van der Waals surface area contributed by atoms with E-state index < -0.39 is 0 Å². The summed E-state index contributed by atoms with van der Waals surface area (Å²) >= 11 is 1.85. The van der Waals surface area contributed by atoms with Gasteiger partial charge < -0.3 is 15.0 Å². The summed E-state index contributed by atoms with van der Waals surface area (Å²) in [6.07, 6.45) is 9.37. The minimum Gasteiger partial charge on any atom is -0.304 e. The third kappa shape index (κ3) is 10.0. The van der Waals surface area contributed by atoms with Gasteiger partial charge in [-0.1, -0.05) is 139 Å². The molecule has 3 nitrogen and oxygen atoms in total. The number of fused-ring (bicyclic) bond motifs is 3. The van der Waals surface area contributed by atoms with Crippen LogP contribution in [0.1, 0.15) is 38.9 Å². The van der Waals surface area contributed by atoms with Gasteiger partial charge in [0.1, 0.15) is 0 Å². The first-order valence-electron chi connectivity index (χ1n) is 23.4. The van der Waals surface area contributed by atoms with Crippen LogP contribution < -0.4 is 0 Å². The van der Waals surface area contributed by atoms with Crippen molar-refractivity contribution in [3.05, 3.63) is 246 Å². The number of benzene rings is 7. The number of hydrogen-bond donors (Lipinski definition) is 0. The Morgan fingerprint density at radius 3 is 1.46 bits per heavy atom. The average molecular weight is 1080 g/mol. The molecule has 5 heteroatoms. The molecule has 0 unspecified atom stereocenters. The third-order valence-corrected chi connectivity index (χ3v) is 14.1. The Kier molecular flexibility index (Phi) is 13.4. The van der Waals surface area contributed by atoms with Gasteiger partial charge in [-0.15, -0.1) is 106 Å². The SMILES string of the molecule is Cc1ccc(-c2[c-]cc(CCc3cc(CCc4c[c-]c(-c5ccc(C)cn5)cc4)cc(-c4ccccc4-c4c[c-]c(-c5ccc(C)cn5)cc4-c4ccc5c(c4)sc4ccccc45)c3)cc2)nc1.[Ir+3]. The zero-order valence-electron chi connectivity index (χ0n) is 38.8. The molecular weight excluding hydrogens is 1040 g/mol. The molecule has 11 rings (SSSR count). The van der Waals surface area contributed by atoms with Crippen LogP contribution in [-0.2, 0) is 45.8 Å². The first-order valence-corrected chi connectivity index (χ1v) is 24.2. The van der Waals surface area contributed by atoms with Crippen LogP contribution in [0.5, 0.6) is 0 Å². The summed E-state index contributed by atoms with van der Waals surface area (Å²) in [5, 5.41) is 2.59. The molecular formula is C64H48IrN3S. The molecule has 0 amide bonds.